The van der Waals surface area contributed by atoms with Gasteiger partial charge in [-0.15, -0.1) is 0 Å². The van der Waals surface area contributed by atoms with Crippen LogP contribution >= 0.6 is 0 Å². The summed E-state index contributed by atoms with van der Waals surface area (Å²) < 4.78 is 16.8. The number of benzene rings is 1. The normalized spacial score (nSPS) is 19.0. The summed E-state index contributed by atoms with van der Waals surface area (Å²) in [7, 11) is 1.59. The summed E-state index contributed by atoms with van der Waals surface area (Å²) in [6.07, 6.45) is 4.16. The van der Waals surface area contributed by atoms with E-state index in [1.54, 1.807) is 13.2 Å². The molecule has 0 amide bonds. The van der Waals surface area contributed by atoms with Crippen molar-refractivity contribution in [2.24, 2.45) is 4.99 Å². The quantitative estimate of drug-likeness (QED) is 0.618. The first-order chi connectivity index (χ1) is 9.30. The second-order valence-electron chi connectivity index (χ2n) is 4.76. The number of hydrogen-bond acceptors (Lipinski definition) is 5. The highest BCUT2D eigenvalue weighted by molar-refractivity contribution is 5.60. The van der Waals surface area contributed by atoms with E-state index in [9.17, 15) is 4.79 Å². The molecule has 1 aromatic carbocycles. The molecule has 0 atom stereocenters. The fourth-order valence-corrected chi connectivity index (χ4v) is 2.43. The van der Waals surface area contributed by atoms with Crippen molar-refractivity contribution in [2.75, 3.05) is 20.3 Å². The number of ether oxygens (including phenoxy) is 3. The molecule has 0 N–H and O–H groups in total. The summed E-state index contributed by atoms with van der Waals surface area (Å²) in [6, 6.07) is 3.76. The molecule has 1 aliphatic heterocycles. The topological polar surface area (TPSA) is 57.1 Å². The molecule has 1 saturated carbocycles. The van der Waals surface area contributed by atoms with Crippen molar-refractivity contribution in [1.82, 2.24) is 0 Å². The predicted molar refractivity (Wildman–Crippen MR) is 67.6 cm³/mol. The van der Waals surface area contributed by atoms with Crippen LogP contribution in [0.15, 0.2) is 17.1 Å². The van der Waals surface area contributed by atoms with Gasteiger partial charge >= 0.3 is 0 Å². The Bertz CT molecular complexity index is 545. The highest BCUT2D eigenvalue weighted by Gasteiger charge is 2.48. The van der Waals surface area contributed by atoms with Crippen molar-refractivity contribution < 1.29 is 19.0 Å². The van der Waals surface area contributed by atoms with E-state index < -0.39 is 5.54 Å². The maximum absolute atomic E-state index is 10.6. The smallest absolute Gasteiger partial charge is 0.235 e. The number of isocyanates is 1. The van der Waals surface area contributed by atoms with Gasteiger partial charge in [0, 0.05) is 12.0 Å². The molecule has 100 valence electrons. The van der Waals surface area contributed by atoms with Crippen LogP contribution in [0.3, 0.4) is 0 Å². The van der Waals surface area contributed by atoms with Crippen LogP contribution in [0, 0.1) is 0 Å². The molecule has 0 unspecified atom stereocenters. The first kappa shape index (κ1) is 12.1. The van der Waals surface area contributed by atoms with E-state index in [-0.39, 0.29) is 0 Å². The van der Waals surface area contributed by atoms with Crippen LogP contribution in [0.4, 0.5) is 0 Å². The van der Waals surface area contributed by atoms with E-state index in [1.165, 1.54) is 0 Å². The van der Waals surface area contributed by atoms with Crippen molar-refractivity contribution in [3.8, 4) is 17.2 Å². The Morgan fingerprint density at radius 3 is 2.79 bits per heavy atom. The maximum atomic E-state index is 10.6. The monoisotopic (exact) mass is 261 g/mol. The number of methoxy groups -OCH3 is 1. The lowest BCUT2D eigenvalue weighted by atomic mass is 10.0. The first-order valence-electron chi connectivity index (χ1n) is 6.37. The standard InChI is InChI=1S/C14H15NO4/c1-17-12-10(14(5-6-14)15-9-16)3-4-11-13(12)19-8-2-7-18-11/h3-4H,2,5-8H2,1H3. The van der Waals surface area contributed by atoms with Crippen molar-refractivity contribution in [3.63, 3.8) is 0 Å². The minimum atomic E-state index is -0.474. The molecule has 0 saturated heterocycles. The van der Waals surface area contributed by atoms with Crippen molar-refractivity contribution in [1.29, 1.82) is 0 Å². The van der Waals surface area contributed by atoms with Crippen molar-refractivity contribution in [3.05, 3.63) is 17.7 Å². The minimum Gasteiger partial charge on any atom is -0.492 e. The maximum Gasteiger partial charge on any atom is 0.235 e. The summed E-state index contributed by atoms with van der Waals surface area (Å²) in [5, 5.41) is 0. The average Bonchev–Trinajstić information content (AvgIpc) is 3.21. The Balaban J connectivity index is 2.11. The number of carbonyl (C=O) groups excluding carboxylic acids is 1. The van der Waals surface area contributed by atoms with Gasteiger partial charge in [0.05, 0.1) is 20.3 Å². The second-order valence-corrected chi connectivity index (χ2v) is 4.76. The lowest BCUT2D eigenvalue weighted by molar-refractivity contribution is 0.288. The lowest BCUT2D eigenvalue weighted by Crippen LogP contribution is -2.07. The van der Waals surface area contributed by atoms with Crippen LogP contribution in [-0.2, 0) is 10.3 Å². The summed E-state index contributed by atoms with van der Waals surface area (Å²) in [5.74, 6) is 1.92. The molecule has 2 aliphatic rings. The van der Waals surface area contributed by atoms with Gasteiger partial charge < -0.3 is 14.2 Å². The van der Waals surface area contributed by atoms with Crippen LogP contribution in [0.5, 0.6) is 17.2 Å². The molecule has 0 aromatic heterocycles. The zero-order valence-corrected chi connectivity index (χ0v) is 10.8. The SMILES string of the molecule is COc1c(C2(N=C=O)CC2)ccc2c1OCCCO2. The third-order valence-corrected chi connectivity index (χ3v) is 3.56. The van der Waals surface area contributed by atoms with Gasteiger partial charge in [0.15, 0.2) is 11.5 Å². The molecule has 0 spiro atoms. The first-order valence-corrected chi connectivity index (χ1v) is 6.37. The van der Waals surface area contributed by atoms with Crippen LogP contribution < -0.4 is 14.2 Å². The molecule has 5 nitrogen and oxygen atoms in total. The molecule has 1 aliphatic carbocycles. The van der Waals surface area contributed by atoms with Gasteiger partial charge in [-0.1, -0.05) is 0 Å². The number of rotatable bonds is 3. The summed E-state index contributed by atoms with van der Waals surface area (Å²) in [5.41, 5.74) is 0.403. The molecular formula is C14H15NO4. The Morgan fingerprint density at radius 2 is 2.11 bits per heavy atom. The molecule has 0 radical (unpaired) electrons. The average molecular weight is 261 g/mol. The number of aliphatic imine (C=N–C) groups is 1. The second kappa shape index (κ2) is 4.59. The fourth-order valence-electron chi connectivity index (χ4n) is 2.43. The van der Waals surface area contributed by atoms with Gasteiger partial charge in [-0.3, -0.25) is 0 Å². The third-order valence-electron chi connectivity index (χ3n) is 3.56. The molecule has 1 heterocycles. The molecule has 3 rings (SSSR count). The zero-order valence-electron chi connectivity index (χ0n) is 10.8. The van der Waals surface area contributed by atoms with Gasteiger partial charge in [-0.2, -0.15) is 4.99 Å². The van der Waals surface area contributed by atoms with Gasteiger partial charge in [-0.25, -0.2) is 4.79 Å². The number of fused-ring (bicyclic) bond motifs is 1. The van der Waals surface area contributed by atoms with E-state index in [4.69, 9.17) is 14.2 Å². The van der Waals surface area contributed by atoms with Crippen LogP contribution in [0.1, 0.15) is 24.8 Å². The lowest BCUT2D eigenvalue weighted by Gasteiger charge is -2.18. The number of hydrogen-bond donors (Lipinski definition) is 0. The summed E-state index contributed by atoms with van der Waals surface area (Å²) >= 11 is 0. The van der Waals surface area contributed by atoms with Gasteiger partial charge in [0.25, 0.3) is 0 Å². The Morgan fingerprint density at radius 1 is 1.32 bits per heavy atom. The van der Waals surface area contributed by atoms with E-state index in [1.807, 2.05) is 12.1 Å². The summed E-state index contributed by atoms with van der Waals surface area (Å²) in [6.45, 7) is 1.23. The Labute approximate surface area is 111 Å². The van der Waals surface area contributed by atoms with Crippen molar-refractivity contribution in [2.45, 2.75) is 24.8 Å². The molecule has 0 bridgehead atoms. The van der Waals surface area contributed by atoms with Crippen LogP contribution in [0.25, 0.3) is 0 Å². The van der Waals surface area contributed by atoms with Gasteiger partial charge in [0.2, 0.25) is 11.8 Å². The van der Waals surface area contributed by atoms with E-state index in [0.29, 0.717) is 30.5 Å². The van der Waals surface area contributed by atoms with Gasteiger partial charge in [-0.05, 0) is 25.0 Å². The molecule has 1 aromatic rings. The van der Waals surface area contributed by atoms with Crippen LogP contribution in [-0.4, -0.2) is 26.4 Å². The predicted octanol–water partition coefficient (Wildman–Crippen LogP) is 2.18. The fraction of sp³-hybridized carbons (Fsp3) is 0.500. The van der Waals surface area contributed by atoms with E-state index in [0.717, 1.165) is 24.8 Å². The molecule has 19 heavy (non-hydrogen) atoms. The van der Waals surface area contributed by atoms with Crippen LogP contribution in [0.2, 0.25) is 0 Å². The van der Waals surface area contributed by atoms with Crippen molar-refractivity contribution >= 4 is 6.08 Å². The third kappa shape index (κ3) is 1.96. The number of nitrogens with zero attached hydrogens (tertiary/aromatic N) is 1. The molecular weight excluding hydrogens is 246 g/mol. The highest BCUT2D eigenvalue weighted by atomic mass is 16.5. The minimum absolute atomic E-state index is 0.474. The summed E-state index contributed by atoms with van der Waals surface area (Å²) in [4.78, 5) is 14.5. The van der Waals surface area contributed by atoms with E-state index in [2.05, 4.69) is 4.99 Å². The van der Waals surface area contributed by atoms with E-state index >= 15 is 0 Å². The zero-order chi connectivity index (χ0) is 13.3. The molecule has 1 fully saturated rings. The molecule has 5 heteroatoms. The highest BCUT2D eigenvalue weighted by Crippen LogP contribution is 2.55. The largest absolute Gasteiger partial charge is 0.492 e. The van der Waals surface area contributed by atoms with Gasteiger partial charge in [0.1, 0.15) is 5.54 Å². The Kier molecular flexibility index (Phi) is 2.91. The Hall–Kier alpha value is -2.00.